The molecule has 33 heavy (non-hydrogen) atoms. The van der Waals surface area contributed by atoms with E-state index in [0.29, 0.717) is 16.1 Å². The lowest BCUT2D eigenvalue weighted by Crippen LogP contribution is -2.46. The highest BCUT2D eigenvalue weighted by atomic mass is 32.2. The van der Waals surface area contributed by atoms with E-state index in [1.807, 2.05) is 44.2 Å². The molecule has 0 saturated heterocycles. The Hall–Kier alpha value is -3.13. The first kappa shape index (κ1) is 23.0. The van der Waals surface area contributed by atoms with Crippen LogP contribution >= 0.6 is 11.8 Å². The number of rotatable bonds is 5. The van der Waals surface area contributed by atoms with E-state index in [-0.39, 0.29) is 11.6 Å². The van der Waals surface area contributed by atoms with Crippen LogP contribution in [0.2, 0.25) is 0 Å². The molecule has 1 aromatic heterocycles. The van der Waals surface area contributed by atoms with Gasteiger partial charge >= 0.3 is 6.03 Å². The summed E-state index contributed by atoms with van der Waals surface area (Å²) in [4.78, 5) is 43.1. The molecule has 8 heteroatoms. The first-order valence-electron chi connectivity index (χ1n) is 11.2. The van der Waals surface area contributed by atoms with Crippen molar-refractivity contribution in [1.82, 2.24) is 20.2 Å². The summed E-state index contributed by atoms with van der Waals surface area (Å²) >= 11 is 1.16. The van der Waals surface area contributed by atoms with Gasteiger partial charge in [-0.3, -0.25) is 19.5 Å². The fourth-order valence-corrected chi connectivity index (χ4v) is 5.10. The lowest BCUT2D eigenvalue weighted by Gasteiger charge is -2.18. The van der Waals surface area contributed by atoms with Crippen LogP contribution in [0.25, 0.3) is 16.6 Å². The van der Waals surface area contributed by atoms with Gasteiger partial charge < -0.3 is 5.32 Å². The standard InChI is InChI=1S/C25H28N4O3S/c1-15-12-13-21(16(2)14-15)29-23(31)19-10-6-7-11-20(19)27-25(29)33-17(3)22(30)28-24(32)26-18-8-4-5-9-18/h6-7,10-14,17-18H,4-5,8-9H2,1-3H3,(H2,26,28,30,32). The van der Waals surface area contributed by atoms with Crippen molar-refractivity contribution in [2.45, 2.75) is 62.9 Å². The Labute approximate surface area is 197 Å². The zero-order valence-electron chi connectivity index (χ0n) is 19.1. The molecule has 1 unspecified atom stereocenters. The number of amides is 3. The van der Waals surface area contributed by atoms with Gasteiger partial charge in [0, 0.05) is 6.04 Å². The molecule has 0 spiro atoms. The fourth-order valence-electron chi connectivity index (χ4n) is 4.18. The Kier molecular flexibility index (Phi) is 6.83. The van der Waals surface area contributed by atoms with Gasteiger partial charge in [-0.15, -0.1) is 0 Å². The van der Waals surface area contributed by atoms with Gasteiger partial charge in [0.05, 0.1) is 21.8 Å². The van der Waals surface area contributed by atoms with Crippen molar-refractivity contribution < 1.29 is 9.59 Å². The summed E-state index contributed by atoms with van der Waals surface area (Å²) < 4.78 is 1.56. The Morgan fingerprint density at radius 1 is 1.12 bits per heavy atom. The number of imide groups is 1. The number of thioether (sulfide) groups is 1. The second-order valence-electron chi connectivity index (χ2n) is 8.55. The molecule has 172 valence electrons. The molecule has 7 nitrogen and oxygen atoms in total. The molecule has 4 rings (SSSR count). The number of para-hydroxylation sites is 1. The molecule has 2 N–H and O–H groups in total. The molecule has 1 aliphatic carbocycles. The van der Waals surface area contributed by atoms with Crippen molar-refractivity contribution in [1.29, 1.82) is 0 Å². The van der Waals surface area contributed by atoms with Gasteiger partial charge in [-0.25, -0.2) is 9.78 Å². The minimum Gasteiger partial charge on any atom is -0.335 e. The van der Waals surface area contributed by atoms with Gasteiger partial charge in [0.2, 0.25) is 5.91 Å². The van der Waals surface area contributed by atoms with E-state index in [1.165, 1.54) is 0 Å². The fraction of sp³-hybridized carbons (Fsp3) is 0.360. The van der Waals surface area contributed by atoms with Crippen molar-refractivity contribution in [3.63, 3.8) is 0 Å². The van der Waals surface area contributed by atoms with Crippen LogP contribution in [0, 0.1) is 13.8 Å². The molecule has 3 amide bonds. The molecular formula is C25H28N4O3S. The van der Waals surface area contributed by atoms with Crippen molar-refractivity contribution in [3.8, 4) is 5.69 Å². The largest absolute Gasteiger partial charge is 0.335 e. The number of aryl methyl sites for hydroxylation is 2. The van der Waals surface area contributed by atoms with Crippen molar-refractivity contribution >= 4 is 34.6 Å². The molecule has 1 saturated carbocycles. The van der Waals surface area contributed by atoms with Crippen LogP contribution in [0.15, 0.2) is 52.4 Å². The maximum atomic E-state index is 13.5. The highest BCUT2D eigenvalue weighted by Gasteiger charge is 2.24. The Bertz CT molecular complexity index is 1260. The van der Waals surface area contributed by atoms with Crippen LogP contribution in [-0.2, 0) is 4.79 Å². The topological polar surface area (TPSA) is 93.1 Å². The first-order chi connectivity index (χ1) is 15.8. The highest BCUT2D eigenvalue weighted by Crippen LogP contribution is 2.27. The second kappa shape index (κ2) is 9.79. The molecule has 1 heterocycles. The Morgan fingerprint density at radius 2 is 1.85 bits per heavy atom. The molecule has 1 atom stereocenters. The summed E-state index contributed by atoms with van der Waals surface area (Å²) in [5.41, 5.74) is 3.12. The Balaban J connectivity index is 1.64. The van der Waals surface area contributed by atoms with Gasteiger partial charge in [-0.1, -0.05) is 54.4 Å². The number of carbonyl (C=O) groups excluding carboxylic acids is 2. The summed E-state index contributed by atoms with van der Waals surface area (Å²) in [5, 5.41) is 5.57. The number of fused-ring (bicyclic) bond motifs is 1. The van der Waals surface area contributed by atoms with E-state index in [2.05, 4.69) is 10.6 Å². The van der Waals surface area contributed by atoms with Gasteiger partial charge in [0.1, 0.15) is 0 Å². The van der Waals surface area contributed by atoms with Crippen LogP contribution in [-0.4, -0.2) is 32.8 Å². The minimum absolute atomic E-state index is 0.123. The maximum Gasteiger partial charge on any atom is 0.321 e. The normalized spacial score (nSPS) is 14.9. The zero-order chi connectivity index (χ0) is 23.5. The molecule has 0 aliphatic heterocycles. The zero-order valence-corrected chi connectivity index (χ0v) is 19.9. The molecule has 2 aromatic carbocycles. The average Bonchev–Trinajstić information content (AvgIpc) is 3.28. The van der Waals surface area contributed by atoms with Crippen LogP contribution in [0.3, 0.4) is 0 Å². The van der Waals surface area contributed by atoms with E-state index in [1.54, 1.807) is 23.6 Å². The summed E-state index contributed by atoms with van der Waals surface area (Å²) in [5.74, 6) is -0.426. The second-order valence-corrected chi connectivity index (χ2v) is 9.85. The van der Waals surface area contributed by atoms with E-state index >= 15 is 0 Å². The van der Waals surface area contributed by atoms with Crippen molar-refractivity contribution in [2.24, 2.45) is 0 Å². The van der Waals surface area contributed by atoms with Gasteiger partial charge in [-0.2, -0.15) is 0 Å². The third-order valence-electron chi connectivity index (χ3n) is 5.92. The third kappa shape index (κ3) is 5.11. The van der Waals surface area contributed by atoms with E-state index in [9.17, 15) is 14.4 Å². The summed E-state index contributed by atoms with van der Waals surface area (Å²) in [7, 11) is 0. The molecule has 1 fully saturated rings. The predicted octanol–water partition coefficient (Wildman–Crippen LogP) is 4.25. The first-order valence-corrected chi connectivity index (χ1v) is 12.1. The van der Waals surface area contributed by atoms with Crippen LogP contribution in [0.4, 0.5) is 4.79 Å². The molecule has 3 aromatic rings. The predicted molar refractivity (Wildman–Crippen MR) is 131 cm³/mol. The smallest absolute Gasteiger partial charge is 0.321 e. The van der Waals surface area contributed by atoms with Crippen LogP contribution in [0.5, 0.6) is 0 Å². The molecule has 0 bridgehead atoms. The van der Waals surface area contributed by atoms with Gasteiger partial charge in [-0.05, 0) is 57.4 Å². The van der Waals surface area contributed by atoms with Crippen LogP contribution in [0.1, 0.15) is 43.7 Å². The lowest BCUT2D eigenvalue weighted by atomic mass is 10.1. The quantitative estimate of drug-likeness (QED) is 0.435. The molecular weight excluding hydrogens is 436 g/mol. The van der Waals surface area contributed by atoms with Crippen molar-refractivity contribution in [2.75, 3.05) is 0 Å². The third-order valence-corrected chi connectivity index (χ3v) is 6.97. The maximum absolute atomic E-state index is 13.5. The monoisotopic (exact) mass is 464 g/mol. The number of nitrogens with one attached hydrogen (secondary N) is 2. The lowest BCUT2D eigenvalue weighted by molar-refractivity contribution is -0.119. The molecule has 0 radical (unpaired) electrons. The van der Waals surface area contributed by atoms with E-state index in [0.717, 1.165) is 54.3 Å². The number of carbonyl (C=O) groups is 2. The number of hydrogen-bond donors (Lipinski definition) is 2. The highest BCUT2D eigenvalue weighted by molar-refractivity contribution is 8.00. The summed E-state index contributed by atoms with van der Waals surface area (Å²) in [6.45, 7) is 5.65. The number of urea groups is 1. The average molecular weight is 465 g/mol. The van der Waals surface area contributed by atoms with Gasteiger partial charge in [0.15, 0.2) is 5.16 Å². The molecule has 1 aliphatic rings. The summed E-state index contributed by atoms with van der Waals surface area (Å²) in [6.07, 6.45) is 4.06. The summed E-state index contributed by atoms with van der Waals surface area (Å²) in [6, 6.07) is 12.7. The minimum atomic E-state index is -0.635. The van der Waals surface area contributed by atoms with Crippen molar-refractivity contribution in [3.05, 3.63) is 63.9 Å². The number of aromatic nitrogens is 2. The Morgan fingerprint density at radius 3 is 2.58 bits per heavy atom. The number of nitrogens with zero attached hydrogens (tertiary/aromatic N) is 2. The number of benzene rings is 2. The van der Waals surface area contributed by atoms with E-state index in [4.69, 9.17) is 4.98 Å². The van der Waals surface area contributed by atoms with Gasteiger partial charge in [0.25, 0.3) is 5.56 Å². The SMILES string of the molecule is Cc1ccc(-n2c(SC(C)C(=O)NC(=O)NC3CCCC3)nc3ccccc3c2=O)c(C)c1. The number of hydrogen-bond acceptors (Lipinski definition) is 5. The van der Waals surface area contributed by atoms with E-state index < -0.39 is 17.2 Å². The van der Waals surface area contributed by atoms with Crippen LogP contribution < -0.4 is 16.2 Å².